The number of aryl methyl sites for hydroxylation is 1. The zero-order chi connectivity index (χ0) is 22.5. The van der Waals surface area contributed by atoms with Gasteiger partial charge in [-0.2, -0.15) is 0 Å². The van der Waals surface area contributed by atoms with Gasteiger partial charge in [-0.1, -0.05) is 29.8 Å². The van der Waals surface area contributed by atoms with Crippen molar-refractivity contribution in [3.05, 3.63) is 83.6 Å². The summed E-state index contributed by atoms with van der Waals surface area (Å²) in [5.41, 5.74) is 5.06. The van der Waals surface area contributed by atoms with Gasteiger partial charge < -0.3 is 15.1 Å². The number of pyridine rings is 1. The molecular formula is C26H31N5O. The predicted octanol–water partition coefficient (Wildman–Crippen LogP) is 4.03. The molecule has 1 saturated heterocycles. The van der Waals surface area contributed by atoms with E-state index in [1.807, 2.05) is 43.3 Å². The van der Waals surface area contributed by atoms with Gasteiger partial charge in [-0.25, -0.2) is 4.98 Å². The van der Waals surface area contributed by atoms with E-state index in [0.717, 1.165) is 44.1 Å². The van der Waals surface area contributed by atoms with Crippen LogP contribution in [0, 0.1) is 6.92 Å². The van der Waals surface area contributed by atoms with E-state index in [0.29, 0.717) is 11.3 Å². The zero-order valence-corrected chi connectivity index (χ0v) is 19.1. The van der Waals surface area contributed by atoms with Crippen LogP contribution in [0.25, 0.3) is 0 Å². The first-order chi connectivity index (χ1) is 15.5. The van der Waals surface area contributed by atoms with Crippen LogP contribution < -0.4 is 15.1 Å². The van der Waals surface area contributed by atoms with Crippen LogP contribution in [0.5, 0.6) is 0 Å². The molecule has 0 saturated carbocycles. The average molecular weight is 430 g/mol. The third-order valence-corrected chi connectivity index (χ3v) is 5.87. The Bertz CT molecular complexity index is 1020. The Balaban J connectivity index is 1.28. The van der Waals surface area contributed by atoms with E-state index in [1.165, 1.54) is 11.3 Å². The lowest BCUT2D eigenvalue weighted by atomic mass is 10.1. The van der Waals surface area contributed by atoms with Crippen molar-refractivity contribution in [3.8, 4) is 0 Å². The van der Waals surface area contributed by atoms with Crippen molar-refractivity contribution in [2.75, 3.05) is 55.4 Å². The van der Waals surface area contributed by atoms with Gasteiger partial charge in [0, 0.05) is 58.1 Å². The van der Waals surface area contributed by atoms with Crippen LogP contribution in [0.1, 0.15) is 21.5 Å². The Hall–Kier alpha value is -3.38. The molecule has 32 heavy (non-hydrogen) atoms. The van der Waals surface area contributed by atoms with Crippen LogP contribution >= 0.6 is 0 Å². The van der Waals surface area contributed by atoms with Gasteiger partial charge >= 0.3 is 0 Å². The van der Waals surface area contributed by atoms with E-state index < -0.39 is 0 Å². The van der Waals surface area contributed by atoms with Crippen LogP contribution in [0.3, 0.4) is 0 Å². The molecule has 166 valence electrons. The molecular weight excluding hydrogens is 398 g/mol. The standard InChI is InChI=1S/C26H31N5O/c1-20-4-8-22(9-5-20)26(32)28-23-10-13-25(27-18-23)31-16-14-30(15-17-31)19-21-6-11-24(12-7-21)29(2)3/h4-13,18H,14-17,19H2,1-3H3,(H,28,32). The Kier molecular flexibility index (Phi) is 6.71. The number of nitrogens with one attached hydrogen (secondary N) is 1. The molecule has 4 rings (SSSR count). The second-order valence-electron chi connectivity index (χ2n) is 8.55. The molecule has 0 spiro atoms. The van der Waals surface area contributed by atoms with Crippen molar-refractivity contribution in [2.24, 2.45) is 0 Å². The summed E-state index contributed by atoms with van der Waals surface area (Å²) in [5, 5.41) is 2.92. The van der Waals surface area contributed by atoms with Gasteiger partial charge in [-0.05, 0) is 48.9 Å². The van der Waals surface area contributed by atoms with Gasteiger partial charge in [-0.15, -0.1) is 0 Å². The van der Waals surface area contributed by atoms with Gasteiger partial charge in [0.25, 0.3) is 5.91 Å². The molecule has 1 aliphatic rings. The van der Waals surface area contributed by atoms with Crippen molar-refractivity contribution in [2.45, 2.75) is 13.5 Å². The number of carbonyl (C=O) groups is 1. The summed E-state index contributed by atoms with van der Waals surface area (Å²) in [7, 11) is 4.12. The minimum Gasteiger partial charge on any atom is -0.378 e. The van der Waals surface area contributed by atoms with Gasteiger partial charge in [0.2, 0.25) is 0 Å². The summed E-state index contributed by atoms with van der Waals surface area (Å²) in [6.45, 7) is 6.87. The van der Waals surface area contributed by atoms with Crippen LogP contribution in [0.4, 0.5) is 17.2 Å². The lowest BCUT2D eigenvalue weighted by Gasteiger charge is -2.35. The number of nitrogens with zero attached hydrogens (tertiary/aromatic N) is 4. The van der Waals surface area contributed by atoms with E-state index in [9.17, 15) is 4.79 Å². The molecule has 3 aromatic rings. The van der Waals surface area contributed by atoms with Crippen LogP contribution in [0.15, 0.2) is 66.9 Å². The highest BCUT2D eigenvalue weighted by Crippen LogP contribution is 2.19. The Morgan fingerprint density at radius 3 is 2.22 bits per heavy atom. The first kappa shape index (κ1) is 21.8. The maximum atomic E-state index is 12.4. The quantitative estimate of drug-likeness (QED) is 0.641. The molecule has 1 aromatic heterocycles. The number of amides is 1. The number of hydrogen-bond acceptors (Lipinski definition) is 5. The van der Waals surface area contributed by atoms with Gasteiger partial charge in [-0.3, -0.25) is 9.69 Å². The number of aromatic nitrogens is 1. The van der Waals surface area contributed by atoms with E-state index in [-0.39, 0.29) is 5.91 Å². The fourth-order valence-corrected chi connectivity index (χ4v) is 3.85. The molecule has 1 fully saturated rings. The third-order valence-electron chi connectivity index (χ3n) is 5.87. The van der Waals surface area contributed by atoms with Crippen molar-refractivity contribution >= 4 is 23.1 Å². The predicted molar refractivity (Wildman–Crippen MR) is 132 cm³/mol. The number of carbonyl (C=O) groups excluding carboxylic acids is 1. The van der Waals surface area contributed by atoms with Crippen molar-refractivity contribution < 1.29 is 4.79 Å². The largest absolute Gasteiger partial charge is 0.378 e. The molecule has 0 atom stereocenters. The lowest BCUT2D eigenvalue weighted by molar-refractivity contribution is 0.102. The highest BCUT2D eigenvalue weighted by Gasteiger charge is 2.18. The summed E-state index contributed by atoms with van der Waals surface area (Å²) in [4.78, 5) is 23.9. The molecule has 1 N–H and O–H groups in total. The van der Waals surface area contributed by atoms with E-state index in [2.05, 4.69) is 63.4 Å². The highest BCUT2D eigenvalue weighted by atomic mass is 16.1. The molecule has 0 bridgehead atoms. The Morgan fingerprint density at radius 2 is 1.62 bits per heavy atom. The maximum absolute atomic E-state index is 12.4. The van der Waals surface area contributed by atoms with Crippen LogP contribution in [-0.2, 0) is 6.54 Å². The molecule has 6 heteroatoms. The minimum absolute atomic E-state index is 0.119. The fourth-order valence-electron chi connectivity index (χ4n) is 3.85. The molecule has 2 aromatic carbocycles. The average Bonchev–Trinajstić information content (AvgIpc) is 2.81. The van der Waals surface area contributed by atoms with Crippen molar-refractivity contribution in [3.63, 3.8) is 0 Å². The third kappa shape index (κ3) is 5.45. The van der Waals surface area contributed by atoms with E-state index >= 15 is 0 Å². The molecule has 6 nitrogen and oxygen atoms in total. The molecule has 1 amide bonds. The second kappa shape index (κ2) is 9.83. The summed E-state index contributed by atoms with van der Waals surface area (Å²) in [5.74, 6) is 0.833. The van der Waals surface area contributed by atoms with Crippen LogP contribution in [-0.4, -0.2) is 56.1 Å². The summed E-state index contributed by atoms with van der Waals surface area (Å²) in [6.07, 6.45) is 1.74. The monoisotopic (exact) mass is 429 g/mol. The minimum atomic E-state index is -0.119. The number of anilines is 3. The lowest BCUT2D eigenvalue weighted by Crippen LogP contribution is -2.46. The smallest absolute Gasteiger partial charge is 0.255 e. The molecule has 1 aliphatic heterocycles. The highest BCUT2D eigenvalue weighted by molar-refractivity contribution is 6.04. The van der Waals surface area contributed by atoms with Gasteiger partial charge in [0.1, 0.15) is 5.82 Å². The van der Waals surface area contributed by atoms with E-state index in [4.69, 9.17) is 0 Å². The SMILES string of the molecule is Cc1ccc(C(=O)Nc2ccc(N3CCN(Cc4ccc(N(C)C)cc4)CC3)nc2)cc1. The second-order valence-corrected chi connectivity index (χ2v) is 8.55. The Morgan fingerprint density at radius 1 is 0.938 bits per heavy atom. The van der Waals surface area contributed by atoms with Gasteiger partial charge in [0.05, 0.1) is 11.9 Å². The zero-order valence-electron chi connectivity index (χ0n) is 19.1. The molecule has 2 heterocycles. The number of benzene rings is 2. The molecule has 0 aliphatic carbocycles. The van der Waals surface area contributed by atoms with Gasteiger partial charge in [0.15, 0.2) is 0 Å². The normalized spacial score (nSPS) is 14.3. The summed E-state index contributed by atoms with van der Waals surface area (Å²) in [6, 6.07) is 20.2. The fraction of sp³-hybridized carbons (Fsp3) is 0.308. The molecule has 0 radical (unpaired) electrons. The number of hydrogen-bond donors (Lipinski definition) is 1. The number of rotatable bonds is 6. The molecule has 0 unspecified atom stereocenters. The summed E-state index contributed by atoms with van der Waals surface area (Å²) >= 11 is 0. The summed E-state index contributed by atoms with van der Waals surface area (Å²) < 4.78 is 0. The first-order valence-corrected chi connectivity index (χ1v) is 11.1. The number of piperazine rings is 1. The van der Waals surface area contributed by atoms with Crippen molar-refractivity contribution in [1.29, 1.82) is 0 Å². The Labute approximate surface area is 190 Å². The van der Waals surface area contributed by atoms with E-state index in [1.54, 1.807) is 6.20 Å². The van der Waals surface area contributed by atoms with Crippen LogP contribution in [0.2, 0.25) is 0 Å². The van der Waals surface area contributed by atoms with Crippen molar-refractivity contribution in [1.82, 2.24) is 9.88 Å². The first-order valence-electron chi connectivity index (χ1n) is 11.1. The topological polar surface area (TPSA) is 51.7 Å². The maximum Gasteiger partial charge on any atom is 0.255 e.